The average molecular weight is 75.5 g/mol. The normalized spacial score (nSPS) is 5.25. The van der Waals surface area contributed by atoms with E-state index in [0.717, 1.165) is 0 Å². The van der Waals surface area contributed by atoms with E-state index in [0.29, 0.717) is 0 Å². The number of allylic oxidation sites excluding steroid dienone is 1. The molecule has 0 nitrogen and oxygen atoms in total. The molecule has 0 N–H and O–H groups in total. The summed E-state index contributed by atoms with van der Waals surface area (Å²) in [6.07, 6.45) is 1.52. The molecule has 1 heteroatoms. The van der Waals surface area contributed by atoms with Crippen LogP contribution in [0, 0.1) is 5.88 Å². The molecule has 0 aromatic carbocycles. The maximum Gasteiger partial charge on any atom is 0.137 e. The second kappa shape index (κ2) is 2.90. The molecule has 4 heavy (non-hydrogen) atoms. The third-order valence-corrected chi connectivity index (χ3v) is 0.267. The summed E-state index contributed by atoms with van der Waals surface area (Å²) in [4.78, 5) is 0. The van der Waals surface area contributed by atoms with E-state index in [-0.39, 0.29) is 0 Å². The maximum absolute atomic E-state index is 4.94. The van der Waals surface area contributed by atoms with Crippen molar-refractivity contribution in [2.75, 3.05) is 0 Å². The molecule has 0 atom stereocenters. The van der Waals surface area contributed by atoms with Gasteiger partial charge in [0, 0.05) is 18.2 Å². The molecule has 0 heterocycles. The molecule has 0 aromatic rings. The summed E-state index contributed by atoms with van der Waals surface area (Å²) in [5.41, 5.74) is 0. The van der Waals surface area contributed by atoms with Gasteiger partial charge in [-0.1, -0.05) is 0 Å². The lowest BCUT2D eigenvalue weighted by Crippen LogP contribution is -1.31. The predicted octanol–water partition coefficient (Wildman–Crippen LogP) is 1.57. The summed E-state index contributed by atoms with van der Waals surface area (Å²) in [6.45, 7) is 3.29. The van der Waals surface area contributed by atoms with Crippen molar-refractivity contribution in [3.05, 3.63) is 18.5 Å². The fraction of sp³-hybridized carbons (Fsp3) is 0. The Kier molecular flexibility index (Phi) is 2.83. The lowest BCUT2D eigenvalue weighted by atomic mass is 10.8. The molecule has 0 spiro atoms. The molecule has 0 aliphatic rings. The van der Waals surface area contributed by atoms with E-state index in [1.165, 1.54) is 12.0 Å². The minimum atomic E-state index is 1.36. The largest absolute Gasteiger partial charge is 0.137 e. The van der Waals surface area contributed by atoms with Crippen molar-refractivity contribution in [3.8, 4) is 0 Å². The Morgan fingerprint density at radius 2 is 2.25 bits per heavy atom. The monoisotopic (exact) mass is 75.0 g/mol. The Labute approximate surface area is 31.1 Å². The zero-order chi connectivity index (χ0) is 3.41. The van der Waals surface area contributed by atoms with E-state index in [1.54, 1.807) is 0 Å². The van der Waals surface area contributed by atoms with Gasteiger partial charge in [0.2, 0.25) is 0 Å². The molecule has 0 aliphatic carbocycles. The van der Waals surface area contributed by atoms with Gasteiger partial charge in [-0.25, -0.2) is 0 Å². The minimum Gasteiger partial charge on any atom is 0.0279 e. The van der Waals surface area contributed by atoms with E-state index in [1.807, 2.05) is 0 Å². The number of halogens is 1. The highest BCUT2D eigenvalue weighted by atomic mass is 35.5. The van der Waals surface area contributed by atoms with Crippen LogP contribution in [0.5, 0.6) is 0 Å². The summed E-state index contributed by atoms with van der Waals surface area (Å²) in [5, 5.41) is 0. The number of rotatable bonds is 1. The number of hydrogen-bond acceptors (Lipinski definition) is 0. The highest BCUT2D eigenvalue weighted by molar-refractivity contribution is 6.24. The SMILES string of the molecule is C=C[CH+]Cl. The zero-order valence-electron chi connectivity index (χ0n) is 2.24. The van der Waals surface area contributed by atoms with E-state index in [2.05, 4.69) is 6.58 Å². The molecular weight excluding hydrogens is 71.5 g/mol. The van der Waals surface area contributed by atoms with Crippen molar-refractivity contribution in [1.29, 1.82) is 0 Å². The first kappa shape index (κ1) is 3.90. The fourth-order valence-electron chi connectivity index (χ4n) is 0. The molecule has 0 aliphatic heterocycles. The highest BCUT2D eigenvalue weighted by Gasteiger charge is 1.61. The molecule has 0 aromatic heterocycles. The van der Waals surface area contributed by atoms with Gasteiger partial charge in [-0.3, -0.25) is 0 Å². The van der Waals surface area contributed by atoms with Crippen molar-refractivity contribution in [1.82, 2.24) is 0 Å². The third kappa shape index (κ3) is 1.90. The molecule has 0 saturated carbocycles. The van der Waals surface area contributed by atoms with Crippen LogP contribution in [-0.2, 0) is 0 Å². The predicted molar refractivity (Wildman–Crippen MR) is 20.3 cm³/mol. The molecule has 22 valence electrons. The number of hydrogen-bond donors (Lipinski definition) is 0. The van der Waals surface area contributed by atoms with Crippen LogP contribution in [0.25, 0.3) is 0 Å². The first-order chi connectivity index (χ1) is 1.91. The Morgan fingerprint density at radius 3 is 2.25 bits per heavy atom. The van der Waals surface area contributed by atoms with Crippen molar-refractivity contribution < 1.29 is 0 Å². The quantitative estimate of drug-likeness (QED) is 0.415. The Bertz CT molecular complexity index is 17.2. The van der Waals surface area contributed by atoms with Gasteiger partial charge in [-0.2, -0.15) is 0 Å². The van der Waals surface area contributed by atoms with Gasteiger partial charge in [-0.05, 0) is 0 Å². The lowest BCUT2D eigenvalue weighted by Gasteiger charge is -1.41. The molecule has 0 saturated heterocycles. The van der Waals surface area contributed by atoms with Gasteiger partial charge in [-0.15, -0.1) is 0 Å². The lowest BCUT2D eigenvalue weighted by molar-refractivity contribution is 2.07. The molecule has 0 unspecified atom stereocenters. The first-order valence-corrected chi connectivity index (χ1v) is 1.40. The summed E-state index contributed by atoms with van der Waals surface area (Å²) in [6, 6.07) is 0. The Balaban J connectivity index is 2.30. The Hall–Kier alpha value is -0.100. The maximum atomic E-state index is 4.94. The molecule has 0 fully saturated rings. The van der Waals surface area contributed by atoms with Gasteiger partial charge in [0.15, 0.2) is 0 Å². The van der Waals surface area contributed by atoms with Gasteiger partial charge in [0.1, 0.15) is 12.0 Å². The third-order valence-electron chi connectivity index (χ3n) is 0.0891. The van der Waals surface area contributed by atoms with E-state index in [9.17, 15) is 0 Å². The van der Waals surface area contributed by atoms with Crippen molar-refractivity contribution >= 4 is 11.6 Å². The van der Waals surface area contributed by atoms with Crippen LogP contribution >= 0.6 is 11.6 Å². The van der Waals surface area contributed by atoms with Crippen LogP contribution in [0.15, 0.2) is 12.7 Å². The standard InChI is InChI=1S/C3H4Cl/c1-2-3-4/h2-3H,1H2/q+1. The minimum absolute atomic E-state index is 1.36. The fourth-order valence-corrected chi connectivity index (χ4v) is 0. The van der Waals surface area contributed by atoms with Crippen LogP contribution < -0.4 is 0 Å². The zero-order valence-corrected chi connectivity index (χ0v) is 3.00. The van der Waals surface area contributed by atoms with Gasteiger partial charge in [0.05, 0.1) is 0 Å². The Morgan fingerprint density at radius 1 is 2.00 bits per heavy atom. The molecule has 0 rings (SSSR count). The summed E-state index contributed by atoms with van der Waals surface area (Å²) < 4.78 is 0. The van der Waals surface area contributed by atoms with Crippen LogP contribution in [0.3, 0.4) is 0 Å². The molecule has 0 radical (unpaired) electrons. The summed E-state index contributed by atoms with van der Waals surface area (Å²) in [5.74, 6) is 1.36. The van der Waals surface area contributed by atoms with Gasteiger partial charge in [0.25, 0.3) is 0 Å². The van der Waals surface area contributed by atoms with Crippen molar-refractivity contribution in [2.45, 2.75) is 0 Å². The molecular formula is C3H4Cl+. The summed E-state index contributed by atoms with van der Waals surface area (Å²) >= 11 is 4.94. The highest BCUT2D eigenvalue weighted by Crippen LogP contribution is 1.77. The van der Waals surface area contributed by atoms with Gasteiger partial charge >= 0.3 is 0 Å². The smallest absolute Gasteiger partial charge is 0.0279 e. The van der Waals surface area contributed by atoms with E-state index < -0.39 is 0 Å². The van der Waals surface area contributed by atoms with Crippen LogP contribution in [-0.4, -0.2) is 0 Å². The molecule has 0 amide bonds. The van der Waals surface area contributed by atoms with Crippen LogP contribution in [0.4, 0.5) is 0 Å². The topological polar surface area (TPSA) is 0 Å². The second-order valence-electron chi connectivity index (χ2n) is 0.362. The first-order valence-electron chi connectivity index (χ1n) is 0.960. The second-order valence-corrected chi connectivity index (χ2v) is 0.614. The van der Waals surface area contributed by atoms with Gasteiger partial charge < -0.3 is 0 Å². The van der Waals surface area contributed by atoms with Crippen LogP contribution in [0.1, 0.15) is 0 Å². The van der Waals surface area contributed by atoms with Crippen molar-refractivity contribution in [3.63, 3.8) is 0 Å². The van der Waals surface area contributed by atoms with E-state index >= 15 is 0 Å². The summed E-state index contributed by atoms with van der Waals surface area (Å²) in [7, 11) is 0. The van der Waals surface area contributed by atoms with E-state index in [4.69, 9.17) is 11.6 Å². The molecule has 0 bridgehead atoms. The average Bonchev–Trinajstić information content (AvgIpc) is 1.37. The van der Waals surface area contributed by atoms with Crippen LogP contribution in [0.2, 0.25) is 0 Å². The van der Waals surface area contributed by atoms with Crippen molar-refractivity contribution in [2.24, 2.45) is 0 Å².